The Balaban J connectivity index is 2.35. The van der Waals surface area contributed by atoms with Crippen LogP contribution in [0.25, 0.3) is 0 Å². The highest BCUT2D eigenvalue weighted by Crippen LogP contribution is 2.38. The molecule has 1 aromatic carbocycles. The van der Waals surface area contributed by atoms with E-state index in [2.05, 4.69) is 25.1 Å². The second-order valence-corrected chi connectivity index (χ2v) is 4.78. The van der Waals surface area contributed by atoms with Crippen molar-refractivity contribution in [2.45, 2.75) is 32.1 Å². The van der Waals surface area contributed by atoms with E-state index in [1.54, 1.807) is 7.11 Å². The van der Waals surface area contributed by atoms with Crippen LogP contribution in [-0.4, -0.2) is 13.7 Å². The lowest BCUT2D eigenvalue weighted by molar-refractivity contribution is 0.397. The molecular weight excluding hydrogens is 198 g/mol. The van der Waals surface area contributed by atoms with E-state index in [1.807, 2.05) is 0 Å². The molecule has 0 fully saturated rings. The third-order valence-corrected chi connectivity index (χ3v) is 3.77. The summed E-state index contributed by atoms with van der Waals surface area (Å²) < 4.78 is 5.31. The van der Waals surface area contributed by atoms with Gasteiger partial charge in [0.05, 0.1) is 7.11 Å². The van der Waals surface area contributed by atoms with Crippen molar-refractivity contribution < 1.29 is 4.74 Å². The number of ether oxygens (including phenoxy) is 1. The maximum atomic E-state index is 5.80. The highest BCUT2D eigenvalue weighted by Gasteiger charge is 2.24. The molecule has 88 valence electrons. The van der Waals surface area contributed by atoms with Crippen molar-refractivity contribution in [3.8, 4) is 5.75 Å². The van der Waals surface area contributed by atoms with Crippen molar-refractivity contribution in [2.75, 3.05) is 13.7 Å². The van der Waals surface area contributed by atoms with E-state index < -0.39 is 0 Å². The minimum Gasteiger partial charge on any atom is -0.497 e. The molecule has 2 nitrogen and oxygen atoms in total. The van der Waals surface area contributed by atoms with Gasteiger partial charge in [-0.05, 0) is 60.9 Å². The Morgan fingerprint density at radius 1 is 1.50 bits per heavy atom. The lowest BCUT2D eigenvalue weighted by Gasteiger charge is -2.30. The Morgan fingerprint density at radius 2 is 2.31 bits per heavy atom. The zero-order valence-corrected chi connectivity index (χ0v) is 10.2. The van der Waals surface area contributed by atoms with Gasteiger partial charge in [-0.25, -0.2) is 0 Å². The van der Waals surface area contributed by atoms with Crippen LogP contribution >= 0.6 is 0 Å². The molecule has 2 atom stereocenters. The molecule has 2 unspecified atom stereocenters. The quantitative estimate of drug-likeness (QED) is 0.848. The zero-order valence-electron chi connectivity index (χ0n) is 10.2. The average Bonchev–Trinajstić information content (AvgIpc) is 2.36. The first kappa shape index (κ1) is 11.5. The lowest BCUT2D eigenvalue weighted by Crippen LogP contribution is -2.22. The van der Waals surface area contributed by atoms with E-state index in [0.29, 0.717) is 11.8 Å². The van der Waals surface area contributed by atoms with Gasteiger partial charge >= 0.3 is 0 Å². The number of methoxy groups -OCH3 is 1. The summed E-state index contributed by atoms with van der Waals surface area (Å²) in [5.74, 6) is 2.14. The molecule has 1 aliphatic rings. The van der Waals surface area contributed by atoms with Crippen LogP contribution in [0.1, 0.15) is 36.8 Å². The van der Waals surface area contributed by atoms with Crippen molar-refractivity contribution in [1.29, 1.82) is 0 Å². The molecule has 0 aliphatic heterocycles. The molecule has 0 amide bonds. The topological polar surface area (TPSA) is 35.2 Å². The molecule has 0 heterocycles. The Kier molecular flexibility index (Phi) is 3.49. The predicted octanol–water partition coefficient (Wildman–Crippen LogP) is 2.71. The van der Waals surface area contributed by atoms with Crippen LogP contribution in [0.4, 0.5) is 0 Å². The van der Waals surface area contributed by atoms with Crippen molar-refractivity contribution >= 4 is 0 Å². The summed E-state index contributed by atoms with van der Waals surface area (Å²) in [4.78, 5) is 0. The fourth-order valence-electron chi connectivity index (χ4n) is 2.70. The maximum absolute atomic E-state index is 5.80. The Hall–Kier alpha value is -1.02. The third-order valence-electron chi connectivity index (χ3n) is 3.77. The molecule has 2 heteroatoms. The molecule has 0 aromatic heterocycles. The highest BCUT2D eigenvalue weighted by atomic mass is 16.5. The van der Waals surface area contributed by atoms with Crippen molar-refractivity contribution in [2.24, 2.45) is 11.7 Å². The molecule has 16 heavy (non-hydrogen) atoms. The first-order valence-electron chi connectivity index (χ1n) is 6.13. The van der Waals surface area contributed by atoms with Gasteiger partial charge in [0, 0.05) is 0 Å². The van der Waals surface area contributed by atoms with Crippen LogP contribution in [0.5, 0.6) is 5.75 Å². The fraction of sp³-hybridized carbons (Fsp3) is 0.571. The predicted molar refractivity (Wildman–Crippen MR) is 66.9 cm³/mol. The molecular formula is C14H21NO. The van der Waals surface area contributed by atoms with Gasteiger partial charge in [0.2, 0.25) is 0 Å². The summed E-state index contributed by atoms with van der Waals surface area (Å²) in [6.07, 6.45) is 3.75. The van der Waals surface area contributed by atoms with E-state index >= 15 is 0 Å². The summed E-state index contributed by atoms with van der Waals surface area (Å²) in [6, 6.07) is 6.48. The third kappa shape index (κ3) is 2.07. The molecule has 2 rings (SSSR count). The second-order valence-electron chi connectivity index (χ2n) is 4.78. The van der Waals surface area contributed by atoms with Crippen molar-refractivity contribution in [3.05, 3.63) is 29.3 Å². The van der Waals surface area contributed by atoms with Gasteiger partial charge in [-0.3, -0.25) is 0 Å². The first-order chi connectivity index (χ1) is 7.76. The number of hydrogen-bond acceptors (Lipinski definition) is 2. The van der Waals surface area contributed by atoms with E-state index in [4.69, 9.17) is 10.5 Å². The van der Waals surface area contributed by atoms with Gasteiger partial charge in [-0.1, -0.05) is 13.0 Å². The molecule has 0 radical (unpaired) electrons. The van der Waals surface area contributed by atoms with Gasteiger partial charge in [-0.15, -0.1) is 0 Å². The number of hydrogen-bond donors (Lipinski definition) is 1. The number of benzene rings is 1. The Morgan fingerprint density at radius 3 is 3.00 bits per heavy atom. The summed E-state index contributed by atoms with van der Waals surface area (Å²) in [7, 11) is 1.73. The van der Waals surface area contributed by atoms with Gasteiger partial charge in [-0.2, -0.15) is 0 Å². The molecule has 1 aliphatic carbocycles. The minimum atomic E-state index is 0.561. The van der Waals surface area contributed by atoms with Crippen LogP contribution in [0.15, 0.2) is 18.2 Å². The van der Waals surface area contributed by atoms with E-state index in [0.717, 1.165) is 12.3 Å². The Bertz CT molecular complexity index is 362. The lowest BCUT2D eigenvalue weighted by atomic mass is 9.76. The Labute approximate surface area is 97.8 Å². The average molecular weight is 219 g/mol. The fourth-order valence-corrected chi connectivity index (χ4v) is 2.70. The van der Waals surface area contributed by atoms with Crippen LogP contribution in [0.3, 0.4) is 0 Å². The summed E-state index contributed by atoms with van der Waals surface area (Å²) in [5.41, 5.74) is 8.74. The van der Waals surface area contributed by atoms with Gasteiger partial charge in [0.1, 0.15) is 5.75 Å². The van der Waals surface area contributed by atoms with Crippen LogP contribution in [0.2, 0.25) is 0 Å². The smallest absolute Gasteiger partial charge is 0.119 e. The maximum Gasteiger partial charge on any atom is 0.119 e. The molecule has 0 spiro atoms. The van der Waals surface area contributed by atoms with E-state index in [1.165, 1.54) is 30.4 Å². The molecule has 0 bridgehead atoms. The van der Waals surface area contributed by atoms with Crippen molar-refractivity contribution in [1.82, 2.24) is 0 Å². The first-order valence-corrected chi connectivity index (χ1v) is 6.13. The number of fused-ring (bicyclic) bond motifs is 1. The second kappa shape index (κ2) is 4.88. The SMILES string of the molecule is COc1ccc2c(c1)C(C(C)CN)CCC2. The standard InChI is InChI=1S/C14H21NO/c1-10(9-15)13-5-3-4-11-6-7-12(16-2)8-14(11)13/h6-8,10,13H,3-5,9,15H2,1-2H3. The van der Waals surface area contributed by atoms with Gasteiger partial charge in [0.25, 0.3) is 0 Å². The summed E-state index contributed by atoms with van der Waals surface area (Å²) in [6.45, 7) is 3.01. The number of rotatable bonds is 3. The van der Waals surface area contributed by atoms with Crippen LogP contribution < -0.4 is 10.5 Å². The minimum absolute atomic E-state index is 0.561. The van der Waals surface area contributed by atoms with Crippen LogP contribution in [-0.2, 0) is 6.42 Å². The van der Waals surface area contributed by atoms with Gasteiger partial charge < -0.3 is 10.5 Å². The highest BCUT2D eigenvalue weighted by molar-refractivity contribution is 5.39. The van der Waals surface area contributed by atoms with Crippen LogP contribution in [0, 0.1) is 5.92 Å². The molecule has 1 aromatic rings. The van der Waals surface area contributed by atoms with Gasteiger partial charge in [0.15, 0.2) is 0 Å². The zero-order chi connectivity index (χ0) is 11.5. The number of nitrogens with two attached hydrogens (primary N) is 1. The normalized spacial score (nSPS) is 21.3. The molecule has 0 saturated carbocycles. The molecule has 0 saturated heterocycles. The monoisotopic (exact) mass is 219 g/mol. The summed E-state index contributed by atoms with van der Waals surface area (Å²) in [5, 5.41) is 0. The largest absolute Gasteiger partial charge is 0.497 e. The van der Waals surface area contributed by atoms with E-state index in [-0.39, 0.29) is 0 Å². The van der Waals surface area contributed by atoms with E-state index in [9.17, 15) is 0 Å². The van der Waals surface area contributed by atoms with Crippen molar-refractivity contribution in [3.63, 3.8) is 0 Å². The number of aryl methyl sites for hydroxylation is 1. The summed E-state index contributed by atoms with van der Waals surface area (Å²) >= 11 is 0. The molecule has 2 N–H and O–H groups in total.